The number of hydrogen-bond donors (Lipinski definition) is 1. The van der Waals surface area contributed by atoms with Crippen LogP contribution in [-0.4, -0.2) is 26.9 Å². The predicted molar refractivity (Wildman–Crippen MR) is 90.0 cm³/mol. The third-order valence-corrected chi connectivity index (χ3v) is 3.53. The number of hydrogen-bond acceptors (Lipinski definition) is 2. The van der Waals surface area contributed by atoms with Crippen LogP contribution >= 0.6 is 0 Å². The largest absolute Gasteiger partial charge is 0.347 e. The Hall–Kier alpha value is -2.56. The molecule has 2 amide bonds. The molecule has 5 nitrogen and oxygen atoms in total. The summed E-state index contributed by atoms with van der Waals surface area (Å²) >= 11 is 0. The summed E-state index contributed by atoms with van der Waals surface area (Å²) in [6, 6.07) is 10.8. The van der Waals surface area contributed by atoms with Gasteiger partial charge in [0.15, 0.2) is 0 Å². The standard InChI is InChI=1S/C18H23N3O2/c1-13-8-6-9-14(12-13)16(22)19-21(18(2,3)4)17(23)15-10-7-11-20(15)5/h6-12H,1-5H3,(H,19,22). The highest BCUT2D eigenvalue weighted by Crippen LogP contribution is 2.16. The third-order valence-electron chi connectivity index (χ3n) is 3.53. The Morgan fingerprint density at radius 3 is 2.35 bits per heavy atom. The van der Waals surface area contributed by atoms with Gasteiger partial charge >= 0.3 is 0 Å². The average molecular weight is 313 g/mol. The molecule has 1 aromatic carbocycles. The molecule has 2 rings (SSSR count). The van der Waals surface area contributed by atoms with Crippen LogP contribution in [-0.2, 0) is 7.05 Å². The molecule has 5 heteroatoms. The maximum Gasteiger partial charge on any atom is 0.289 e. The first kappa shape index (κ1) is 16.8. The van der Waals surface area contributed by atoms with E-state index in [-0.39, 0.29) is 11.8 Å². The van der Waals surface area contributed by atoms with Crippen LogP contribution in [0.5, 0.6) is 0 Å². The zero-order valence-corrected chi connectivity index (χ0v) is 14.3. The van der Waals surface area contributed by atoms with Crippen LogP contribution in [0, 0.1) is 6.92 Å². The van der Waals surface area contributed by atoms with E-state index in [0.717, 1.165) is 5.56 Å². The van der Waals surface area contributed by atoms with E-state index in [9.17, 15) is 9.59 Å². The fraction of sp³-hybridized carbons (Fsp3) is 0.333. The molecule has 1 aromatic heterocycles. The minimum absolute atomic E-state index is 0.244. The monoisotopic (exact) mass is 313 g/mol. The first-order chi connectivity index (χ1) is 10.7. The maximum absolute atomic E-state index is 12.8. The Balaban J connectivity index is 2.28. The van der Waals surface area contributed by atoms with Crippen molar-refractivity contribution in [3.63, 3.8) is 0 Å². The van der Waals surface area contributed by atoms with Crippen LogP contribution < -0.4 is 5.43 Å². The fourth-order valence-corrected chi connectivity index (χ4v) is 2.27. The second-order valence-electron chi connectivity index (χ2n) is 6.63. The molecule has 2 aromatic rings. The molecule has 23 heavy (non-hydrogen) atoms. The quantitative estimate of drug-likeness (QED) is 0.867. The predicted octanol–water partition coefficient (Wildman–Crippen LogP) is 2.92. The second-order valence-corrected chi connectivity index (χ2v) is 6.63. The van der Waals surface area contributed by atoms with Crippen molar-refractivity contribution in [1.29, 1.82) is 0 Å². The summed E-state index contributed by atoms with van der Waals surface area (Å²) < 4.78 is 1.74. The lowest BCUT2D eigenvalue weighted by atomic mass is 10.1. The van der Waals surface area contributed by atoms with Gasteiger partial charge in [-0.25, -0.2) is 5.01 Å². The van der Waals surface area contributed by atoms with Gasteiger partial charge in [-0.2, -0.15) is 0 Å². The first-order valence-electron chi connectivity index (χ1n) is 7.53. The first-order valence-corrected chi connectivity index (χ1v) is 7.53. The van der Waals surface area contributed by atoms with Crippen molar-refractivity contribution in [3.8, 4) is 0 Å². The van der Waals surface area contributed by atoms with E-state index in [0.29, 0.717) is 11.3 Å². The molecule has 0 unspecified atom stereocenters. The highest BCUT2D eigenvalue weighted by molar-refractivity contribution is 5.98. The molecule has 122 valence electrons. The van der Waals surface area contributed by atoms with E-state index in [1.807, 2.05) is 39.8 Å². The van der Waals surface area contributed by atoms with Gasteiger partial charge in [0.25, 0.3) is 11.8 Å². The number of amides is 2. The zero-order chi connectivity index (χ0) is 17.2. The summed E-state index contributed by atoms with van der Waals surface area (Å²) in [4.78, 5) is 25.3. The highest BCUT2D eigenvalue weighted by Gasteiger charge is 2.30. The molecular formula is C18H23N3O2. The van der Waals surface area contributed by atoms with E-state index >= 15 is 0 Å². The summed E-state index contributed by atoms with van der Waals surface area (Å²) in [5.74, 6) is -0.544. The molecule has 1 N–H and O–H groups in total. The van der Waals surface area contributed by atoms with Crippen molar-refractivity contribution in [3.05, 3.63) is 59.4 Å². The van der Waals surface area contributed by atoms with Crippen LogP contribution in [0.2, 0.25) is 0 Å². The summed E-state index contributed by atoms with van der Waals surface area (Å²) in [6.07, 6.45) is 1.80. The molecule has 0 atom stereocenters. The molecule has 0 aliphatic rings. The second kappa shape index (κ2) is 6.28. The number of carbonyl (C=O) groups excluding carboxylic acids is 2. The molecule has 0 saturated heterocycles. The van der Waals surface area contributed by atoms with Crippen molar-refractivity contribution < 1.29 is 9.59 Å². The average Bonchev–Trinajstić information content (AvgIpc) is 2.88. The van der Waals surface area contributed by atoms with Crippen LogP contribution in [0.3, 0.4) is 0 Å². The van der Waals surface area contributed by atoms with E-state index in [4.69, 9.17) is 0 Å². The van der Waals surface area contributed by atoms with E-state index in [2.05, 4.69) is 5.43 Å². The molecule has 0 aliphatic carbocycles. The lowest BCUT2D eigenvalue weighted by Gasteiger charge is -2.35. The number of nitrogens with zero attached hydrogens (tertiary/aromatic N) is 2. The molecular weight excluding hydrogens is 290 g/mol. The van der Waals surface area contributed by atoms with Gasteiger partial charge in [-0.1, -0.05) is 17.7 Å². The smallest absolute Gasteiger partial charge is 0.289 e. The van der Waals surface area contributed by atoms with Gasteiger partial charge in [0.1, 0.15) is 5.69 Å². The Morgan fingerprint density at radius 2 is 1.83 bits per heavy atom. The van der Waals surface area contributed by atoms with Crippen LogP contribution in [0.25, 0.3) is 0 Å². The Morgan fingerprint density at radius 1 is 1.13 bits per heavy atom. The summed E-state index contributed by atoms with van der Waals surface area (Å²) in [5, 5.41) is 1.38. The van der Waals surface area contributed by atoms with Crippen molar-refractivity contribution in [2.45, 2.75) is 33.2 Å². The van der Waals surface area contributed by atoms with Gasteiger partial charge in [-0.15, -0.1) is 0 Å². The molecule has 0 fully saturated rings. The number of rotatable bonds is 2. The van der Waals surface area contributed by atoms with Gasteiger partial charge in [-0.05, 0) is 52.0 Å². The van der Waals surface area contributed by atoms with Crippen molar-refractivity contribution in [2.75, 3.05) is 0 Å². The van der Waals surface area contributed by atoms with Crippen LogP contribution in [0.15, 0.2) is 42.6 Å². The van der Waals surface area contributed by atoms with E-state index in [1.165, 1.54) is 5.01 Å². The van der Waals surface area contributed by atoms with Gasteiger partial charge in [0.05, 0.1) is 5.54 Å². The summed E-state index contributed by atoms with van der Waals surface area (Å²) in [6.45, 7) is 7.56. The number of aryl methyl sites for hydroxylation is 2. The molecule has 0 radical (unpaired) electrons. The highest BCUT2D eigenvalue weighted by atomic mass is 16.2. The van der Waals surface area contributed by atoms with Crippen molar-refractivity contribution in [1.82, 2.24) is 15.0 Å². The van der Waals surface area contributed by atoms with Crippen molar-refractivity contribution in [2.24, 2.45) is 7.05 Å². The molecule has 0 spiro atoms. The van der Waals surface area contributed by atoms with Gasteiger partial charge in [0.2, 0.25) is 0 Å². The number of benzene rings is 1. The number of nitrogens with one attached hydrogen (secondary N) is 1. The van der Waals surface area contributed by atoms with Crippen LogP contribution in [0.4, 0.5) is 0 Å². The van der Waals surface area contributed by atoms with Crippen LogP contribution in [0.1, 0.15) is 47.2 Å². The topological polar surface area (TPSA) is 54.3 Å². The van der Waals surface area contributed by atoms with E-state index in [1.54, 1.807) is 42.1 Å². The summed E-state index contributed by atoms with van der Waals surface area (Å²) in [5.41, 5.74) is 4.23. The minimum atomic E-state index is -0.555. The number of aromatic nitrogens is 1. The fourth-order valence-electron chi connectivity index (χ4n) is 2.27. The Labute approximate surface area is 136 Å². The maximum atomic E-state index is 12.8. The van der Waals surface area contributed by atoms with Gasteiger partial charge in [0, 0.05) is 18.8 Å². The Kier molecular flexibility index (Phi) is 4.59. The molecule has 0 aliphatic heterocycles. The number of carbonyl (C=O) groups is 2. The molecule has 0 saturated carbocycles. The lowest BCUT2D eigenvalue weighted by Crippen LogP contribution is -2.56. The SMILES string of the molecule is Cc1cccc(C(=O)NN(C(=O)c2cccn2C)C(C)(C)C)c1. The molecule has 1 heterocycles. The lowest BCUT2D eigenvalue weighted by molar-refractivity contribution is 0.0350. The van der Waals surface area contributed by atoms with E-state index < -0.39 is 5.54 Å². The normalized spacial score (nSPS) is 11.2. The van der Waals surface area contributed by atoms with Gasteiger partial charge < -0.3 is 4.57 Å². The minimum Gasteiger partial charge on any atom is -0.347 e. The Bertz CT molecular complexity index is 726. The molecule has 0 bridgehead atoms. The zero-order valence-electron chi connectivity index (χ0n) is 14.3. The summed E-state index contributed by atoms with van der Waals surface area (Å²) in [7, 11) is 1.80. The van der Waals surface area contributed by atoms with Crippen molar-refractivity contribution >= 4 is 11.8 Å². The number of hydrazine groups is 1. The third kappa shape index (κ3) is 3.80. The van der Waals surface area contributed by atoms with Gasteiger partial charge in [-0.3, -0.25) is 15.0 Å².